The predicted octanol–water partition coefficient (Wildman–Crippen LogP) is 4.26. The van der Waals surface area contributed by atoms with Gasteiger partial charge in [0.1, 0.15) is 5.15 Å². The Hall–Kier alpha value is -2.51. The second-order valence-corrected chi connectivity index (χ2v) is 7.41. The van der Waals surface area contributed by atoms with Crippen LogP contribution in [0.2, 0.25) is 5.15 Å². The molecule has 3 aromatic rings. The summed E-state index contributed by atoms with van der Waals surface area (Å²) in [7, 11) is 0. The fourth-order valence-corrected chi connectivity index (χ4v) is 4.09. The Labute approximate surface area is 165 Å². The van der Waals surface area contributed by atoms with Crippen molar-refractivity contribution < 1.29 is 14.3 Å². The molecule has 6 nitrogen and oxygen atoms in total. The second-order valence-electron chi connectivity index (χ2n) is 6.18. The van der Waals surface area contributed by atoms with Crippen molar-refractivity contribution in [2.75, 3.05) is 6.61 Å². The number of rotatable bonds is 5. The molecule has 140 valence electrons. The lowest BCUT2D eigenvalue weighted by molar-refractivity contribution is 0.0473. The van der Waals surface area contributed by atoms with E-state index in [4.69, 9.17) is 16.3 Å². The van der Waals surface area contributed by atoms with E-state index in [-0.39, 0.29) is 23.1 Å². The van der Waals surface area contributed by atoms with Gasteiger partial charge in [0.2, 0.25) is 5.78 Å². The Kier molecular flexibility index (Phi) is 5.43. The highest BCUT2D eigenvalue weighted by atomic mass is 35.5. The Bertz CT molecular complexity index is 1000. The van der Waals surface area contributed by atoms with Gasteiger partial charge in [-0.1, -0.05) is 11.6 Å². The van der Waals surface area contributed by atoms with Crippen LogP contribution in [-0.2, 0) is 4.74 Å². The number of thiazole rings is 1. The van der Waals surface area contributed by atoms with Crippen LogP contribution in [-0.4, -0.2) is 32.9 Å². The molecule has 0 aliphatic rings. The van der Waals surface area contributed by atoms with Gasteiger partial charge in [0.05, 0.1) is 5.56 Å². The summed E-state index contributed by atoms with van der Waals surface area (Å²) in [6.45, 7) is 6.91. The maximum absolute atomic E-state index is 12.6. The molecule has 0 fully saturated rings. The fourth-order valence-electron chi connectivity index (χ4n) is 2.98. The summed E-state index contributed by atoms with van der Waals surface area (Å²) in [4.78, 5) is 33.3. The lowest BCUT2D eigenvalue weighted by Crippen LogP contribution is -2.16. The first kappa shape index (κ1) is 19.3. The number of aryl methyl sites for hydroxylation is 3. The van der Waals surface area contributed by atoms with E-state index in [2.05, 4.69) is 9.97 Å². The molecule has 0 N–H and O–H groups in total. The minimum Gasteiger partial charge on any atom is -0.454 e. The van der Waals surface area contributed by atoms with E-state index in [1.807, 2.05) is 23.8 Å². The number of Topliss-reactive ketones (excluding diaryl/α,β-unsaturated/α-hetero) is 1. The minimum atomic E-state index is -0.660. The molecule has 0 unspecified atom stereocenters. The zero-order valence-corrected chi connectivity index (χ0v) is 16.9. The third-order valence-corrected chi connectivity index (χ3v) is 5.21. The van der Waals surface area contributed by atoms with Crippen molar-refractivity contribution in [2.45, 2.75) is 27.7 Å². The van der Waals surface area contributed by atoms with Gasteiger partial charge in [-0.25, -0.2) is 14.8 Å². The normalized spacial score (nSPS) is 10.9. The minimum absolute atomic E-state index is 0.0758. The van der Waals surface area contributed by atoms with Crippen LogP contribution in [0.3, 0.4) is 0 Å². The van der Waals surface area contributed by atoms with Gasteiger partial charge in [-0.2, -0.15) is 0 Å². The van der Waals surface area contributed by atoms with Gasteiger partial charge in [-0.15, -0.1) is 11.3 Å². The number of pyridine rings is 1. The van der Waals surface area contributed by atoms with E-state index in [1.165, 1.54) is 11.3 Å². The Morgan fingerprint density at radius 2 is 1.96 bits per heavy atom. The molecule has 27 heavy (non-hydrogen) atoms. The molecule has 0 amide bonds. The van der Waals surface area contributed by atoms with Crippen LogP contribution in [0.1, 0.15) is 43.4 Å². The van der Waals surface area contributed by atoms with Crippen molar-refractivity contribution in [3.05, 3.63) is 62.6 Å². The molecular formula is C19H18ClN3O3S. The molecule has 0 radical (unpaired) electrons. The third kappa shape index (κ3) is 3.79. The molecule has 0 saturated heterocycles. The summed E-state index contributed by atoms with van der Waals surface area (Å²) in [5.74, 6) is -0.944. The average molecular weight is 404 g/mol. The summed E-state index contributed by atoms with van der Waals surface area (Å²) < 4.78 is 7.11. The van der Waals surface area contributed by atoms with Crippen molar-refractivity contribution in [2.24, 2.45) is 0 Å². The van der Waals surface area contributed by atoms with Gasteiger partial charge in [-0.05, 0) is 45.4 Å². The molecule has 3 rings (SSSR count). The number of esters is 1. The monoisotopic (exact) mass is 403 g/mol. The van der Waals surface area contributed by atoms with Crippen molar-refractivity contribution in [1.29, 1.82) is 0 Å². The number of carbonyl (C=O) groups excluding carboxylic acids is 2. The lowest BCUT2D eigenvalue weighted by atomic mass is 10.1. The molecule has 0 spiro atoms. The van der Waals surface area contributed by atoms with E-state index >= 15 is 0 Å². The number of ketones is 1. The number of nitrogens with zero attached hydrogens (tertiary/aromatic N) is 3. The number of carbonyl (C=O) groups is 2. The molecule has 3 heterocycles. The van der Waals surface area contributed by atoms with Crippen molar-refractivity contribution in [3.8, 4) is 5.13 Å². The summed E-state index contributed by atoms with van der Waals surface area (Å²) in [6.07, 6.45) is 1.71. The van der Waals surface area contributed by atoms with Gasteiger partial charge < -0.3 is 4.74 Å². The van der Waals surface area contributed by atoms with E-state index < -0.39 is 5.97 Å². The summed E-state index contributed by atoms with van der Waals surface area (Å²) >= 11 is 7.55. The number of halogens is 1. The fraction of sp³-hybridized carbons (Fsp3) is 0.263. The van der Waals surface area contributed by atoms with Gasteiger partial charge in [-0.3, -0.25) is 9.36 Å². The van der Waals surface area contributed by atoms with E-state index in [0.717, 1.165) is 16.5 Å². The molecule has 0 bridgehead atoms. The van der Waals surface area contributed by atoms with E-state index in [1.54, 1.807) is 32.2 Å². The Morgan fingerprint density at radius 3 is 2.59 bits per heavy atom. The maximum Gasteiger partial charge on any atom is 0.342 e. The van der Waals surface area contributed by atoms with Crippen LogP contribution < -0.4 is 0 Å². The topological polar surface area (TPSA) is 74.1 Å². The first-order valence-corrected chi connectivity index (χ1v) is 9.48. The zero-order chi connectivity index (χ0) is 19.7. The zero-order valence-electron chi connectivity index (χ0n) is 15.4. The van der Waals surface area contributed by atoms with Crippen LogP contribution >= 0.6 is 22.9 Å². The molecular weight excluding hydrogens is 386 g/mol. The number of hydrogen-bond donors (Lipinski definition) is 0. The van der Waals surface area contributed by atoms with Crippen LogP contribution in [0.25, 0.3) is 5.13 Å². The highest BCUT2D eigenvalue weighted by Crippen LogP contribution is 2.23. The lowest BCUT2D eigenvalue weighted by Gasteiger charge is -2.09. The van der Waals surface area contributed by atoms with Crippen molar-refractivity contribution in [3.63, 3.8) is 0 Å². The summed E-state index contributed by atoms with van der Waals surface area (Å²) in [6, 6.07) is 3.52. The van der Waals surface area contributed by atoms with Crippen LogP contribution in [0.15, 0.2) is 23.7 Å². The number of hydrogen-bond acceptors (Lipinski definition) is 6. The largest absolute Gasteiger partial charge is 0.454 e. The smallest absolute Gasteiger partial charge is 0.342 e. The molecule has 0 aliphatic carbocycles. The Morgan fingerprint density at radius 1 is 1.22 bits per heavy atom. The molecule has 0 atom stereocenters. The molecule has 0 aromatic carbocycles. The Balaban J connectivity index is 1.78. The van der Waals surface area contributed by atoms with Gasteiger partial charge in [0.25, 0.3) is 0 Å². The van der Waals surface area contributed by atoms with Crippen LogP contribution in [0.5, 0.6) is 0 Å². The first-order valence-electron chi connectivity index (χ1n) is 8.22. The molecule has 0 saturated carbocycles. The van der Waals surface area contributed by atoms with E-state index in [9.17, 15) is 9.59 Å². The quantitative estimate of drug-likeness (QED) is 0.361. The SMILES string of the molecule is Cc1cc(C)c(C(=O)OCC(=O)c2cc(C)n(-c3nccs3)c2C)c(Cl)n1. The summed E-state index contributed by atoms with van der Waals surface area (Å²) in [5.41, 5.74) is 3.70. The standard InChI is InChI=1S/C19H18ClN3O3S/c1-10-7-11(2)22-17(20)16(10)18(25)26-9-15(24)14-8-12(3)23(13(14)4)19-21-5-6-27-19/h5-8H,9H2,1-4H3. The third-order valence-electron chi connectivity index (χ3n) is 4.18. The predicted molar refractivity (Wildman–Crippen MR) is 104 cm³/mol. The van der Waals surface area contributed by atoms with Gasteiger partial charge >= 0.3 is 5.97 Å². The molecule has 0 aliphatic heterocycles. The van der Waals surface area contributed by atoms with Crippen molar-refractivity contribution in [1.82, 2.24) is 14.5 Å². The van der Waals surface area contributed by atoms with Gasteiger partial charge in [0.15, 0.2) is 11.7 Å². The molecule has 8 heteroatoms. The second kappa shape index (κ2) is 7.62. The number of aromatic nitrogens is 3. The van der Waals surface area contributed by atoms with Gasteiger partial charge in [0, 0.05) is 34.2 Å². The first-order chi connectivity index (χ1) is 12.8. The van der Waals surface area contributed by atoms with Crippen LogP contribution in [0.4, 0.5) is 0 Å². The highest BCUT2D eigenvalue weighted by Gasteiger charge is 2.21. The van der Waals surface area contributed by atoms with E-state index in [0.29, 0.717) is 16.8 Å². The number of ether oxygens (including phenoxy) is 1. The molecule has 3 aromatic heterocycles. The average Bonchev–Trinajstić information content (AvgIpc) is 3.19. The summed E-state index contributed by atoms with van der Waals surface area (Å²) in [5, 5.41) is 2.74. The maximum atomic E-state index is 12.6. The van der Waals surface area contributed by atoms with Crippen LogP contribution in [0, 0.1) is 27.7 Å². The highest BCUT2D eigenvalue weighted by molar-refractivity contribution is 7.12. The van der Waals surface area contributed by atoms with Crippen molar-refractivity contribution >= 4 is 34.7 Å².